The van der Waals surface area contributed by atoms with Gasteiger partial charge in [-0.05, 0) is 37.5 Å². The third kappa shape index (κ3) is 2.94. The number of carboxylic acid groups (broad SMARTS) is 1. The number of urea groups is 1. The number of carbonyl (C=O) groups is 2. The molecule has 2 N–H and O–H groups in total. The summed E-state index contributed by atoms with van der Waals surface area (Å²) in [5, 5.41) is 11.8. The molecule has 2 fully saturated rings. The van der Waals surface area contributed by atoms with Crippen LogP contribution in [0.3, 0.4) is 0 Å². The first kappa shape index (κ1) is 13.2. The Balaban J connectivity index is 1.82. The molecule has 1 aliphatic carbocycles. The van der Waals surface area contributed by atoms with Crippen LogP contribution in [0.4, 0.5) is 4.79 Å². The average Bonchev–Trinajstić information content (AvgIpc) is 2.98. The van der Waals surface area contributed by atoms with E-state index in [9.17, 15) is 9.59 Å². The molecule has 0 bridgehead atoms. The van der Waals surface area contributed by atoms with E-state index >= 15 is 0 Å². The highest BCUT2D eigenvalue weighted by Gasteiger charge is 2.41. The molecule has 0 aromatic rings. The van der Waals surface area contributed by atoms with Crippen molar-refractivity contribution < 1.29 is 14.7 Å². The summed E-state index contributed by atoms with van der Waals surface area (Å²) in [6.07, 6.45) is 5.27. The Morgan fingerprint density at radius 3 is 2.72 bits per heavy atom. The van der Waals surface area contributed by atoms with Crippen molar-refractivity contribution in [1.82, 2.24) is 10.2 Å². The van der Waals surface area contributed by atoms with Crippen molar-refractivity contribution in [2.24, 2.45) is 5.41 Å². The SMILES string of the molecule is CCC1(CNC(=O)N2CCCC2CC(=O)O)CC1. The second kappa shape index (κ2) is 5.16. The first-order valence-corrected chi connectivity index (χ1v) is 6.82. The van der Waals surface area contributed by atoms with Gasteiger partial charge >= 0.3 is 12.0 Å². The molecule has 2 rings (SSSR count). The molecule has 1 atom stereocenters. The first-order chi connectivity index (χ1) is 8.56. The van der Waals surface area contributed by atoms with Gasteiger partial charge in [0.1, 0.15) is 0 Å². The molecule has 5 nitrogen and oxygen atoms in total. The van der Waals surface area contributed by atoms with Gasteiger partial charge in [0, 0.05) is 19.1 Å². The smallest absolute Gasteiger partial charge is 0.317 e. The number of carboxylic acids is 1. The van der Waals surface area contributed by atoms with Crippen molar-refractivity contribution in [3.8, 4) is 0 Å². The van der Waals surface area contributed by atoms with Crippen molar-refractivity contribution in [3.05, 3.63) is 0 Å². The quantitative estimate of drug-likeness (QED) is 0.786. The van der Waals surface area contributed by atoms with Crippen LogP contribution < -0.4 is 5.32 Å². The molecule has 1 saturated heterocycles. The number of nitrogens with one attached hydrogen (secondary N) is 1. The summed E-state index contributed by atoms with van der Waals surface area (Å²) < 4.78 is 0. The Morgan fingerprint density at radius 2 is 2.17 bits per heavy atom. The number of nitrogens with zero attached hydrogens (tertiary/aromatic N) is 1. The lowest BCUT2D eigenvalue weighted by molar-refractivity contribution is -0.137. The minimum atomic E-state index is -0.827. The van der Waals surface area contributed by atoms with Gasteiger partial charge in [-0.2, -0.15) is 0 Å². The number of hydrogen-bond donors (Lipinski definition) is 2. The highest BCUT2D eigenvalue weighted by atomic mass is 16.4. The van der Waals surface area contributed by atoms with Gasteiger partial charge in [-0.15, -0.1) is 0 Å². The Kier molecular flexibility index (Phi) is 3.78. The number of carbonyl (C=O) groups excluding carboxylic acids is 1. The predicted octanol–water partition coefficient (Wildman–Crippen LogP) is 1.83. The minimum absolute atomic E-state index is 0.0618. The van der Waals surface area contributed by atoms with Gasteiger partial charge in [-0.3, -0.25) is 4.79 Å². The molecule has 0 aromatic carbocycles. The summed E-state index contributed by atoms with van der Waals surface area (Å²) in [6, 6.07) is -0.210. The number of rotatable bonds is 5. The van der Waals surface area contributed by atoms with Crippen LogP contribution in [-0.2, 0) is 4.79 Å². The fraction of sp³-hybridized carbons (Fsp3) is 0.846. The van der Waals surface area contributed by atoms with Crippen LogP contribution >= 0.6 is 0 Å². The Hall–Kier alpha value is -1.26. The van der Waals surface area contributed by atoms with Crippen molar-refractivity contribution in [1.29, 1.82) is 0 Å². The van der Waals surface area contributed by atoms with Gasteiger partial charge in [-0.1, -0.05) is 6.92 Å². The third-order valence-corrected chi connectivity index (χ3v) is 4.37. The van der Waals surface area contributed by atoms with Crippen molar-refractivity contribution in [2.75, 3.05) is 13.1 Å². The molecule has 1 unspecified atom stereocenters. The topological polar surface area (TPSA) is 69.6 Å². The molecular weight excluding hydrogens is 232 g/mol. The zero-order chi connectivity index (χ0) is 13.2. The van der Waals surface area contributed by atoms with Crippen LogP contribution in [0, 0.1) is 5.41 Å². The normalized spacial score (nSPS) is 24.9. The van der Waals surface area contributed by atoms with E-state index in [0.717, 1.165) is 25.8 Å². The molecule has 1 saturated carbocycles. The molecule has 2 aliphatic rings. The van der Waals surface area contributed by atoms with Crippen molar-refractivity contribution in [3.63, 3.8) is 0 Å². The largest absolute Gasteiger partial charge is 0.481 e. The maximum absolute atomic E-state index is 12.0. The van der Waals surface area contributed by atoms with E-state index in [1.54, 1.807) is 4.90 Å². The summed E-state index contributed by atoms with van der Waals surface area (Å²) in [6.45, 7) is 3.57. The predicted molar refractivity (Wildman–Crippen MR) is 67.3 cm³/mol. The fourth-order valence-electron chi connectivity index (χ4n) is 2.71. The molecule has 2 amide bonds. The van der Waals surface area contributed by atoms with E-state index in [1.165, 1.54) is 12.8 Å². The molecule has 0 aromatic heterocycles. The Morgan fingerprint density at radius 1 is 1.44 bits per heavy atom. The second-order valence-electron chi connectivity index (χ2n) is 5.60. The van der Waals surface area contributed by atoms with Gasteiger partial charge in [0.15, 0.2) is 0 Å². The van der Waals surface area contributed by atoms with Gasteiger partial charge in [-0.25, -0.2) is 4.79 Å². The Bertz CT molecular complexity index is 339. The standard InChI is InChI=1S/C13H22N2O3/c1-2-13(5-6-13)9-14-12(18)15-7-3-4-10(15)8-11(16)17/h10H,2-9H2,1H3,(H,14,18)(H,16,17). The van der Waals surface area contributed by atoms with E-state index in [-0.39, 0.29) is 18.5 Å². The van der Waals surface area contributed by atoms with Crippen LogP contribution in [-0.4, -0.2) is 41.1 Å². The molecule has 0 radical (unpaired) electrons. The Labute approximate surface area is 108 Å². The van der Waals surface area contributed by atoms with Gasteiger partial charge in [0.25, 0.3) is 0 Å². The van der Waals surface area contributed by atoms with Crippen molar-refractivity contribution in [2.45, 2.75) is 51.5 Å². The lowest BCUT2D eigenvalue weighted by Crippen LogP contribution is -2.45. The summed E-state index contributed by atoms with van der Waals surface area (Å²) >= 11 is 0. The maximum Gasteiger partial charge on any atom is 0.317 e. The number of hydrogen-bond acceptors (Lipinski definition) is 2. The van der Waals surface area contributed by atoms with Gasteiger partial charge < -0.3 is 15.3 Å². The first-order valence-electron chi connectivity index (χ1n) is 6.82. The van der Waals surface area contributed by atoms with Crippen LogP contribution in [0.2, 0.25) is 0 Å². The lowest BCUT2D eigenvalue weighted by atomic mass is 10.0. The highest BCUT2D eigenvalue weighted by Crippen LogP contribution is 2.47. The van der Waals surface area contributed by atoms with E-state index in [1.807, 2.05) is 0 Å². The monoisotopic (exact) mass is 254 g/mol. The number of likely N-dealkylation sites (tertiary alicyclic amines) is 1. The molecule has 102 valence electrons. The molecule has 1 aliphatic heterocycles. The lowest BCUT2D eigenvalue weighted by Gasteiger charge is -2.25. The summed E-state index contributed by atoms with van der Waals surface area (Å²) in [5.74, 6) is -0.827. The van der Waals surface area contributed by atoms with Crippen LogP contribution in [0.15, 0.2) is 0 Å². The van der Waals surface area contributed by atoms with E-state index in [2.05, 4.69) is 12.2 Å². The molecule has 5 heteroatoms. The summed E-state index contributed by atoms with van der Waals surface area (Å²) in [4.78, 5) is 24.5. The van der Waals surface area contributed by atoms with Gasteiger partial charge in [0.05, 0.1) is 6.42 Å². The molecule has 18 heavy (non-hydrogen) atoms. The average molecular weight is 254 g/mol. The van der Waals surface area contributed by atoms with Crippen LogP contribution in [0.1, 0.15) is 45.4 Å². The second-order valence-corrected chi connectivity index (χ2v) is 5.60. The zero-order valence-corrected chi connectivity index (χ0v) is 10.9. The minimum Gasteiger partial charge on any atom is -0.481 e. The van der Waals surface area contributed by atoms with E-state index < -0.39 is 5.97 Å². The van der Waals surface area contributed by atoms with Gasteiger partial charge in [0.2, 0.25) is 0 Å². The number of amides is 2. The van der Waals surface area contributed by atoms with Crippen molar-refractivity contribution >= 4 is 12.0 Å². The van der Waals surface area contributed by atoms with E-state index in [0.29, 0.717) is 12.0 Å². The van der Waals surface area contributed by atoms with Crippen LogP contribution in [0.5, 0.6) is 0 Å². The number of aliphatic carboxylic acids is 1. The van der Waals surface area contributed by atoms with E-state index in [4.69, 9.17) is 5.11 Å². The summed E-state index contributed by atoms with van der Waals surface area (Å²) in [5.41, 5.74) is 0.331. The maximum atomic E-state index is 12.0. The zero-order valence-electron chi connectivity index (χ0n) is 10.9. The highest BCUT2D eigenvalue weighted by molar-refractivity contribution is 5.76. The van der Waals surface area contributed by atoms with Crippen LogP contribution in [0.25, 0.3) is 0 Å². The molecule has 0 spiro atoms. The summed E-state index contributed by atoms with van der Waals surface area (Å²) in [7, 11) is 0. The third-order valence-electron chi connectivity index (χ3n) is 4.37. The molecule has 1 heterocycles. The fourth-order valence-corrected chi connectivity index (χ4v) is 2.71. The molecular formula is C13H22N2O3.